The molecule has 1 aliphatic heterocycles. The van der Waals surface area contributed by atoms with Gasteiger partial charge in [0.25, 0.3) is 5.91 Å². The van der Waals surface area contributed by atoms with Gasteiger partial charge in [0.2, 0.25) is 0 Å². The Morgan fingerprint density at radius 3 is 2.79 bits per heavy atom. The van der Waals surface area contributed by atoms with Crippen LogP contribution >= 0.6 is 0 Å². The van der Waals surface area contributed by atoms with E-state index in [4.69, 9.17) is 10.5 Å². The zero-order valence-electron chi connectivity index (χ0n) is 11.7. The van der Waals surface area contributed by atoms with Crippen molar-refractivity contribution in [1.82, 2.24) is 4.90 Å². The number of hydrogen-bond acceptors (Lipinski definition) is 4. The Morgan fingerprint density at radius 1 is 1.47 bits per heavy atom. The van der Waals surface area contributed by atoms with Crippen LogP contribution in [0.2, 0.25) is 0 Å². The molecule has 1 fully saturated rings. The lowest BCUT2D eigenvalue weighted by molar-refractivity contribution is 0.0828. The quantitative estimate of drug-likeness (QED) is 0.812. The highest BCUT2D eigenvalue weighted by Gasteiger charge is 2.30. The summed E-state index contributed by atoms with van der Waals surface area (Å²) in [7, 11) is 3.48. The van der Waals surface area contributed by atoms with Gasteiger partial charge in [-0.3, -0.25) is 4.79 Å². The Kier molecular flexibility index (Phi) is 3.66. The fourth-order valence-corrected chi connectivity index (χ4v) is 2.18. The molecule has 0 aliphatic carbocycles. The molecule has 1 unspecified atom stereocenters. The molecule has 1 heterocycles. The molecule has 1 atom stereocenters. The van der Waals surface area contributed by atoms with Crippen molar-refractivity contribution in [1.29, 1.82) is 0 Å². The minimum absolute atomic E-state index is 0.0370. The van der Waals surface area contributed by atoms with Gasteiger partial charge in [0, 0.05) is 32.1 Å². The number of ether oxygens (including phenoxy) is 1. The lowest BCUT2D eigenvalue weighted by atomic mass is 10.00. The van der Waals surface area contributed by atoms with E-state index < -0.39 is 0 Å². The summed E-state index contributed by atoms with van der Waals surface area (Å²) < 4.78 is 5.42. The number of nitrogens with zero attached hydrogens (tertiary/aromatic N) is 1. The van der Waals surface area contributed by atoms with E-state index in [1.165, 1.54) is 0 Å². The molecule has 1 aliphatic rings. The molecule has 0 saturated carbocycles. The molecule has 0 aromatic heterocycles. The van der Waals surface area contributed by atoms with Crippen LogP contribution in [-0.2, 0) is 4.74 Å². The Labute approximate surface area is 113 Å². The predicted octanol–water partition coefficient (Wildman–Crippen LogP) is 1.56. The van der Waals surface area contributed by atoms with E-state index in [-0.39, 0.29) is 11.4 Å². The van der Waals surface area contributed by atoms with Gasteiger partial charge in [-0.05, 0) is 31.5 Å². The number of hydrogen-bond donors (Lipinski definition) is 2. The van der Waals surface area contributed by atoms with Crippen LogP contribution in [0.15, 0.2) is 18.2 Å². The number of anilines is 2. The Balaban J connectivity index is 2.32. The van der Waals surface area contributed by atoms with Crippen molar-refractivity contribution >= 4 is 17.3 Å². The van der Waals surface area contributed by atoms with E-state index in [1.54, 1.807) is 37.2 Å². The maximum atomic E-state index is 12.2. The third-order valence-electron chi connectivity index (χ3n) is 3.34. The van der Waals surface area contributed by atoms with Crippen molar-refractivity contribution in [3.8, 4) is 0 Å². The van der Waals surface area contributed by atoms with Gasteiger partial charge in [-0.25, -0.2) is 0 Å². The maximum absolute atomic E-state index is 12.2. The lowest BCUT2D eigenvalue weighted by Crippen LogP contribution is -2.36. The molecule has 1 aromatic carbocycles. The molecule has 1 amide bonds. The van der Waals surface area contributed by atoms with Crippen molar-refractivity contribution < 1.29 is 9.53 Å². The van der Waals surface area contributed by atoms with Gasteiger partial charge in [-0.15, -0.1) is 0 Å². The highest BCUT2D eigenvalue weighted by Crippen LogP contribution is 2.28. The van der Waals surface area contributed by atoms with Crippen LogP contribution in [-0.4, -0.2) is 43.7 Å². The van der Waals surface area contributed by atoms with Crippen LogP contribution in [0.3, 0.4) is 0 Å². The van der Waals surface area contributed by atoms with E-state index >= 15 is 0 Å². The van der Waals surface area contributed by atoms with Crippen molar-refractivity contribution in [2.24, 2.45) is 0 Å². The van der Waals surface area contributed by atoms with E-state index in [0.29, 0.717) is 17.9 Å². The number of benzene rings is 1. The molecular weight excluding hydrogens is 242 g/mol. The standard InChI is InChI=1S/C14H21N3O2/c1-14(6-7-19-9-14)16-12-8-10(15)4-5-11(12)13(18)17(2)3/h4-5,8,16H,6-7,9,15H2,1-3H3. The Hall–Kier alpha value is -1.75. The smallest absolute Gasteiger partial charge is 0.255 e. The SMILES string of the molecule is CN(C)C(=O)c1ccc(N)cc1NC1(C)CCOC1. The minimum Gasteiger partial charge on any atom is -0.399 e. The van der Waals surface area contributed by atoms with Crippen LogP contribution in [0.5, 0.6) is 0 Å². The molecule has 19 heavy (non-hydrogen) atoms. The van der Waals surface area contributed by atoms with Crippen molar-refractivity contribution in [3.05, 3.63) is 23.8 Å². The van der Waals surface area contributed by atoms with Crippen LogP contribution in [0.25, 0.3) is 0 Å². The monoisotopic (exact) mass is 263 g/mol. The third kappa shape index (κ3) is 2.98. The average molecular weight is 263 g/mol. The van der Waals surface area contributed by atoms with E-state index in [2.05, 4.69) is 12.2 Å². The first kappa shape index (κ1) is 13.7. The summed E-state index contributed by atoms with van der Waals surface area (Å²) in [6, 6.07) is 5.31. The first-order chi connectivity index (χ1) is 8.91. The fourth-order valence-electron chi connectivity index (χ4n) is 2.18. The lowest BCUT2D eigenvalue weighted by Gasteiger charge is -2.27. The summed E-state index contributed by atoms with van der Waals surface area (Å²) >= 11 is 0. The number of nitrogen functional groups attached to an aromatic ring is 1. The molecule has 0 radical (unpaired) electrons. The van der Waals surface area contributed by atoms with Crippen molar-refractivity contribution in [3.63, 3.8) is 0 Å². The van der Waals surface area contributed by atoms with Gasteiger partial charge < -0.3 is 20.7 Å². The van der Waals surface area contributed by atoms with Gasteiger partial charge in [-0.2, -0.15) is 0 Å². The van der Waals surface area contributed by atoms with E-state index in [9.17, 15) is 4.79 Å². The van der Waals surface area contributed by atoms with Crippen LogP contribution < -0.4 is 11.1 Å². The summed E-state index contributed by atoms with van der Waals surface area (Å²) in [5, 5.41) is 3.41. The largest absolute Gasteiger partial charge is 0.399 e. The number of amides is 1. The van der Waals surface area contributed by atoms with Gasteiger partial charge in [0.05, 0.1) is 17.7 Å². The highest BCUT2D eigenvalue weighted by molar-refractivity contribution is 6.00. The Bertz CT molecular complexity index is 480. The molecule has 1 aromatic rings. The van der Waals surface area contributed by atoms with Gasteiger partial charge in [-0.1, -0.05) is 0 Å². The second kappa shape index (κ2) is 5.09. The summed E-state index contributed by atoms with van der Waals surface area (Å²) in [5.41, 5.74) is 7.72. The third-order valence-corrected chi connectivity index (χ3v) is 3.34. The van der Waals surface area contributed by atoms with Gasteiger partial charge in [0.15, 0.2) is 0 Å². The molecule has 0 spiro atoms. The second-order valence-corrected chi connectivity index (χ2v) is 5.49. The molecule has 5 heteroatoms. The number of nitrogens with two attached hydrogens (primary N) is 1. The first-order valence-corrected chi connectivity index (χ1v) is 6.38. The maximum Gasteiger partial charge on any atom is 0.255 e. The van der Waals surface area contributed by atoms with Gasteiger partial charge in [0.1, 0.15) is 0 Å². The molecule has 3 N–H and O–H groups in total. The normalized spacial score (nSPS) is 22.3. The zero-order valence-corrected chi connectivity index (χ0v) is 11.7. The Morgan fingerprint density at radius 2 is 2.21 bits per heavy atom. The van der Waals surface area contributed by atoms with E-state index in [0.717, 1.165) is 18.7 Å². The van der Waals surface area contributed by atoms with Crippen LogP contribution in [0, 0.1) is 0 Å². The van der Waals surface area contributed by atoms with Crippen LogP contribution in [0.4, 0.5) is 11.4 Å². The predicted molar refractivity (Wildman–Crippen MR) is 76.3 cm³/mol. The first-order valence-electron chi connectivity index (χ1n) is 6.38. The number of carbonyl (C=O) groups is 1. The highest BCUT2D eigenvalue weighted by atomic mass is 16.5. The molecule has 104 valence electrons. The van der Waals surface area contributed by atoms with Crippen LogP contribution in [0.1, 0.15) is 23.7 Å². The van der Waals surface area contributed by atoms with Crippen molar-refractivity contribution in [2.45, 2.75) is 18.9 Å². The summed E-state index contributed by atoms with van der Waals surface area (Å²) in [4.78, 5) is 13.7. The van der Waals surface area contributed by atoms with Gasteiger partial charge >= 0.3 is 0 Å². The molecular formula is C14H21N3O2. The molecule has 1 saturated heterocycles. The zero-order chi connectivity index (χ0) is 14.0. The summed E-state index contributed by atoms with van der Waals surface area (Å²) in [6.45, 7) is 3.47. The minimum atomic E-state index is -0.144. The van der Waals surface area contributed by atoms with Crippen molar-refractivity contribution in [2.75, 3.05) is 38.4 Å². The molecule has 0 bridgehead atoms. The second-order valence-electron chi connectivity index (χ2n) is 5.49. The summed E-state index contributed by atoms with van der Waals surface area (Å²) in [6.07, 6.45) is 0.914. The number of carbonyl (C=O) groups excluding carboxylic acids is 1. The molecule has 2 rings (SSSR count). The number of rotatable bonds is 3. The topological polar surface area (TPSA) is 67.6 Å². The summed E-state index contributed by atoms with van der Waals surface area (Å²) in [5.74, 6) is -0.0370. The number of nitrogens with one attached hydrogen (secondary N) is 1. The average Bonchev–Trinajstić information content (AvgIpc) is 2.75. The fraction of sp³-hybridized carbons (Fsp3) is 0.500. The van der Waals surface area contributed by atoms with E-state index in [1.807, 2.05) is 0 Å². The molecule has 5 nitrogen and oxygen atoms in total.